The second-order valence-corrected chi connectivity index (χ2v) is 4.91. The summed E-state index contributed by atoms with van der Waals surface area (Å²) in [4.78, 5) is 4.19. The summed E-state index contributed by atoms with van der Waals surface area (Å²) in [7, 11) is 3.78. The largest absolute Gasteiger partial charge is 0.382 e. The molecule has 1 N–H and O–H groups in total. The van der Waals surface area contributed by atoms with Crippen LogP contribution >= 0.6 is 0 Å². The molecule has 19 heavy (non-hydrogen) atoms. The molecule has 2 aromatic rings. The third kappa shape index (κ3) is 3.31. The molecule has 2 rings (SSSR count). The fourth-order valence-electron chi connectivity index (χ4n) is 2.43. The number of hydrogen-bond acceptors (Lipinski definition) is 3. The minimum atomic E-state index is 0.299. The summed E-state index contributed by atoms with van der Waals surface area (Å²) in [6.07, 6.45) is 6.18. The lowest BCUT2D eigenvalue weighted by Crippen LogP contribution is -2.19. The average molecular weight is 258 g/mol. The zero-order valence-corrected chi connectivity index (χ0v) is 11.9. The summed E-state index contributed by atoms with van der Waals surface area (Å²) in [6.45, 7) is 2.11. The van der Waals surface area contributed by atoms with Crippen LogP contribution < -0.4 is 5.32 Å². The fourth-order valence-corrected chi connectivity index (χ4v) is 2.43. The van der Waals surface area contributed by atoms with Crippen molar-refractivity contribution in [2.24, 2.45) is 0 Å². The Labute approximate surface area is 115 Å². The zero-order chi connectivity index (χ0) is 13.7. The summed E-state index contributed by atoms with van der Waals surface area (Å²) in [6, 6.07) is 8.85. The van der Waals surface area contributed by atoms with Crippen LogP contribution in [0.4, 0.5) is 0 Å². The van der Waals surface area contributed by atoms with Crippen LogP contribution in [0.1, 0.15) is 31.4 Å². The molecule has 0 saturated heterocycles. The lowest BCUT2D eigenvalue weighted by molar-refractivity contribution is 0.106. The Bertz CT molecular complexity index is 522. The highest BCUT2D eigenvalue weighted by Crippen LogP contribution is 2.27. The van der Waals surface area contributed by atoms with Crippen LogP contribution in [-0.4, -0.2) is 25.2 Å². The number of ether oxygens (including phenoxy) is 1. The van der Waals surface area contributed by atoms with Gasteiger partial charge in [-0.25, -0.2) is 0 Å². The lowest BCUT2D eigenvalue weighted by Gasteiger charge is -2.20. The van der Waals surface area contributed by atoms with Crippen molar-refractivity contribution in [2.45, 2.75) is 31.9 Å². The third-order valence-electron chi connectivity index (χ3n) is 3.70. The van der Waals surface area contributed by atoms with Gasteiger partial charge >= 0.3 is 0 Å². The summed E-state index contributed by atoms with van der Waals surface area (Å²) in [5.74, 6) is 0. The minimum Gasteiger partial charge on any atom is -0.382 e. The summed E-state index contributed by atoms with van der Waals surface area (Å²) >= 11 is 0. The van der Waals surface area contributed by atoms with E-state index in [0.29, 0.717) is 12.1 Å². The van der Waals surface area contributed by atoms with E-state index in [1.165, 1.54) is 16.3 Å². The van der Waals surface area contributed by atoms with Crippen LogP contribution in [0.5, 0.6) is 0 Å². The number of rotatable bonds is 6. The summed E-state index contributed by atoms with van der Waals surface area (Å²) in [5, 5.41) is 5.89. The predicted molar refractivity (Wildman–Crippen MR) is 79.2 cm³/mol. The van der Waals surface area contributed by atoms with Gasteiger partial charge in [0.15, 0.2) is 0 Å². The van der Waals surface area contributed by atoms with Crippen LogP contribution in [0.2, 0.25) is 0 Å². The van der Waals surface area contributed by atoms with Crippen LogP contribution in [0.3, 0.4) is 0 Å². The molecule has 0 saturated carbocycles. The second kappa shape index (κ2) is 6.64. The number of nitrogens with one attached hydrogen (secondary N) is 1. The number of nitrogens with zero attached hydrogens (tertiary/aromatic N) is 1. The van der Waals surface area contributed by atoms with E-state index < -0.39 is 0 Å². The third-order valence-corrected chi connectivity index (χ3v) is 3.70. The van der Waals surface area contributed by atoms with E-state index in [1.54, 1.807) is 7.11 Å². The highest BCUT2D eigenvalue weighted by Gasteiger charge is 2.13. The van der Waals surface area contributed by atoms with Gasteiger partial charge < -0.3 is 10.1 Å². The van der Waals surface area contributed by atoms with Gasteiger partial charge in [-0.1, -0.05) is 18.2 Å². The zero-order valence-electron chi connectivity index (χ0n) is 11.9. The number of pyridine rings is 1. The van der Waals surface area contributed by atoms with E-state index >= 15 is 0 Å². The number of benzene rings is 1. The van der Waals surface area contributed by atoms with Crippen molar-refractivity contribution >= 4 is 10.8 Å². The van der Waals surface area contributed by atoms with Crippen molar-refractivity contribution in [2.75, 3.05) is 14.2 Å². The van der Waals surface area contributed by atoms with Crippen molar-refractivity contribution in [3.8, 4) is 0 Å². The van der Waals surface area contributed by atoms with Gasteiger partial charge in [0.05, 0.1) is 6.10 Å². The molecule has 3 nitrogen and oxygen atoms in total. The Balaban J connectivity index is 2.25. The molecule has 0 radical (unpaired) electrons. The maximum absolute atomic E-state index is 5.33. The first kappa shape index (κ1) is 14.0. The molecule has 0 fully saturated rings. The van der Waals surface area contributed by atoms with Crippen molar-refractivity contribution in [1.82, 2.24) is 10.3 Å². The first-order chi connectivity index (χ1) is 9.26. The standard InChI is InChI=1S/C16H22N2O/c1-12(19-3)7-8-16(17-2)15-6-4-5-13-11-18-10-9-14(13)15/h4-6,9-12,16-17H,7-8H2,1-3H3. The van der Waals surface area contributed by atoms with E-state index in [2.05, 4.69) is 41.5 Å². The maximum atomic E-state index is 5.33. The molecule has 1 aromatic heterocycles. The molecule has 1 heterocycles. The molecule has 0 bridgehead atoms. The minimum absolute atomic E-state index is 0.299. The SMILES string of the molecule is CNC(CCC(C)OC)c1cccc2cnccc12. The maximum Gasteiger partial charge on any atom is 0.0543 e. The molecular weight excluding hydrogens is 236 g/mol. The quantitative estimate of drug-likeness (QED) is 0.863. The Morgan fingerprint density at radius 2 is 2.11 bits per heavy atom. The van der Waals surface area contributed by atoms with Crippen LogP contribution in [0.15, 0.2) is 36.7 Å². The molecule has 1 aromatic carbocycles. The fraction of sp³-hybridized carbons (Fsp3) is 0.438. The summed E-state index contributed by atoms with van der Waals surface area (Å²) in [5.41, 5.74) is 1.34. The second-order valence-electron chi connectivity index (χ2n) is 4.91. The lowest BCUT2D eigenvalue weighted by atomic mass is 9.96. The topological polar surface area (TPSA) is 34.1 Å². The Morgan fingerprint density at radius 3 is 2.84 bits per heavy atom. The smallest absolute Gasteiger partial charge is 0.0543 e. The van der Waals surface area contributed by atoms with E-state index in [4.69, 9.17) is 4.74 Å². The van der Waals surface area contributed by atoms with E-state index in [9.17, 15) is 0 Å². The summed E-state index contributed by atoms with van der Waals surface area (Å²) < 4.78 is 5.33. The van der Waals surface area contributed by atoms with Gasteiger partial charge in [-0.15, -0.1) is 0 Å². The molecule has 2 atom stereocenters. The van der Waals surface area contributed by atoms with Crippen molar-refractivity contribution in [3.05, 3.63) is 42.2 Å². The van der Waals surface area contributed by atoms with Crippen LogP contribution in [0.25, 0.3) is 10.8 Å². The Kier molecular flexibility index (Phi) is 4.88. The van der Waals surface area contributed by atoms with Gasteiger partial charge in [-0.05, 0) is 43.8 Å². The number of fused-ring (bicyclic) bond motifs is 1. The molecule has 0 aliphatic rings. The molecular formula is C16H22N2O. The monoisotopic (exact) mass is 258 g/mol. The molecule has 2 unspecified atom stereocenters. The molecule has 102 valence electrons. The van der Waals surface area contributed by atoms with Crippen molar-refractivity contribution < 1.29 is 4.74 Å². The van der Waals surface area contributed by atoms with Gasteiger partial charge in [-0.2, -0.15) is 0 Å². The van der Waals surface area contributed by atoms with Gasteiger partial charge in [0.2, 0.25) is 0 Å². The normalized spacial score (nSPS) is 14.5. The van der Waals surface area contributed by atoms with E-state index in [1.807, 2.05) is 19.4 Å². The first-order valence-corrected chi connectivity index (χ1v) is 6.79. The van der Waals surface area contributed by atoms with E-state index in [-0.39, 0.29) is 0 Å². The van der Waals surface area contributed by atoms with Crippen LogP contribution in [-0.2, 0) is 4.74 Å². The number of hydrogen-bond donors (Lipinski definition) is 1. The van der Waals surface area contributed by atoms with Gasteiger partial charge in [-0.3, -0.25) is 4.98 Å². The highest BCUT2D eigenvalue weighted by atomic mass is 16.5. The number of aromatic nitrogens is 1. The van der Waals surface area contributed by atoms with Crippen molar-refractivity contribution in [1.29, 1.82) is 0 Å². The Hall–Kier alpha value is -1.45. The molecule has 0 spiro atoms. The highest BCUT2D eigenvalue weighted by molar-refractivity contribution is 5.85. The molecule has 0 aliphatic heterocycles. The van der Waals surface area contributed by atoms with Gasteiger partial charge in [0.1, 0.15) is 0 Å². The predicted octanol–water partition coefficient (Wildman–Crippen LogP) is 3.31. The van der Waals surface area contributed by atoms with Gasteiger partial charge in [0, 0.05) is 30.9 Å². The molecule has 0 amide bonds. The Morgan fingerprint density at radius 1 is 1.26 bits per heavy atom. The number of methoxy groups -OCH3 is 1. The van der Waals surface area contributed by atoms with E-state index in [0.717, 1.165) is 12.8 Å². The van der Waals surface area contributed by atoms with Crippen molar-refractivity contribution in [3.63, 3.8) is 0 Å². The van der Waals surface area contributed by atoms with Crippen LogP contribution in [0, 0.1) is 0 Å². The molecule has 3 heteroatoms. The van der Waals surface area contributed by atoms with Gasteiger partial charge in [0.25, 0.3) is 0 Å². The average Bonchev–Trinajstić information content (AvgIpc) is 2.47. The first-order valence-electron chi connectivity index (χ1n) is 6.79. The molecule has 0 aliphatic carbocycles.